The summed E-state index contributed by atoms with van der Waals surface area (Å²) in [5.74, 6) is -0.806. The quantitative estimate of drug-likeness (QED) is 0.571. The fourth-order valence-corrected chi connectivity index (χ4v) is 5.32. The van der Waals surface area contributed by atoms with Gasteiger partial charge in [0.1, 0.15) is 0 Å². The Kier molecular flexibility index (Phi) is 6.49. The Balaban J connectivity index is 0.00000240. The summed E-state index contributed by atoms with van der Waals surface area (Å²) in [5, 5.41) is 11.2. The molecule has 1 unspecified atom stereocenters. The third kappa shape index (κ3) is 4.12. The molecule has 4 nitrogen and oxygen atoms in total. The van der Waals surface area contributed by atoms with E-state index in [0.29, 0.717) is 11.6 Å². The van der Waals surface area contributed by atoms with Gasteiger partial charge in [0, 0.05) is 34.8 Å². The number of fused-ring (bicyclic) bond motifs is 3. The molecule has 0 saturated carbocycles. The molecule has 1 aromatic heterocycles. The number of hydrogen-bond donors (Lipinski definition) is 1. The lowest BCUT2D eigenvalue weighted by molar-refractivity contribution is -0.137. The number of aryl methyl sites for hydroxylation is 1. The Morgan fingerprint density at radius 1 is 1.24 bits per heavy atom. The first-order valence-corrected chi connectivity index (χ1v) is 11.3. The molecule has 29 heavy (non-hydrogen) atoms. The van der Waals surface area contributed by atoms with Gasteiger partial charge in [-0.25, -0.2) is 0 Å². The van der Waals surface area contributed by atoms with Gasteiger partial charge < -0.3 is 9.67 Å². The first-order valence-electron chi connectivity index (χ1n) is 9.39. The molecule has 0 aliphatic heterocycles. The molecule has 1 aliphatic carbocycles. The number of aromatic nitrogens is 1. The molecule has 1 N–H and O–H groups in total. The van der Waals surface area contributed by atoms with Gasteiger partial charge in [0.25, 0.3) is 0 Å². The summed E-state index contributed by atoms with van der Waals surface area (Å²) >= 11 is 6.04. The summed E-state index contributed by atoms with van der Waals surface area (Å²) in [6, 6.07) is 13.6. The van der Waals surface area contributed by atoms with E-state index in [-0.39, 0.29) is 19.8 Å². The van der Waals surface area contributed by atoms with Gasteiger partial charge in [-0.3, -0.25) is 9.00 Å². The summed E-state index contributed by atoms with van der Waals surface area (Å²) in [5.41, 5.74) is 4.37. The van der Waals surface area contributed by atoms with Crippen LogP contribution in [0.5, 0.6) is 0 Å². The maximum absolute atomic E-state index is 12.5. The fourth-order valence-electron chi connectivity index (χ4n) is 4.44. The van der Waals surface area contributed by atoms with Crippen LogP contribution in [0, 0.1) is 0 Å². The van der Waals surface area contributed by atoms with Crippen molar-refractivity contribution < 1.29 is 14.1 Å². The fraction of sp³-hybridized carbons (Fsp3) is 0.348. The lowest BCUT2D eigenvalue weighted by Gasteiger charge is -2.25. The minimum atomic E-state index is -1.13. The van der Waals surface area contributed by atoms with Gasteiger partial charge >= 0.3 is 5.97 Å². The van der Waals surface area contributed by atoms with Crippen LogP contribution in [0.2, 0.25) is 5.02 Å². The van der Waals surface area contributed by atoms with E-state index in [2.05, 4.69) is 10.6 Å². The predicted molar refractivity (Wildman–Crippen MR) is 119 cm³/mol. The normalized spacial score (nSPS) is 16.8. The Hall–Kier alpha value is -2.11. The van der Waals surface area contributed by atoms with Crippen molar-refractivity contribution in [2.24, 2.45) is 0 Å². The predicted octanol–water partition coefficient (Wildman–Crippen LogP) is 5.61. The van der Waals surface area contributed by atoms with Crippen LogP contribution in [0.1, 0.15) is 49.4 Å². The standard InChI is InChI=1S/C22H22ClNO3S.CH4/c1-28(27)19-7-3-6-18-17-5-2-4-15(12-20(25)26)21(17)24(22(18)19)13-14-8-10-16(23)11-9-14;/h3,6-11,15H,2,4-5,12-13H2,1H3,(H,25,26);1H4/t15-,28?;/m1./s1. The van der Waals surface area contributed by atoms with E-state index in [1.54, 1.807) is 6.26 Å². The summed E-state index contributed by atoms with van der Waals surface area (Å²) in [4.78, 5) is 12.3. The number of carbonyl (C=O) groups is 1. The van der Waals surface area contributed by atoms with E-state index in [4.69, 9.17) is 11.6 Å². The Labute approximate surface area is 179 Å². The van der Waals surface area contributed by atoms with Crippen molar-refractivity contribution in [3.63, 3.8) is 0 Å². The van der Waals surface area contributed by atoms with Crippen LogP contribution in [0.4, 0.5) is 0 Å². The molecule has 0 radical (unpaired) electrons. The van der Waals surface area contributed by atoms with Crippen LogP contribution >= 0.6 is 11.6 Å². The maximum Gasteiger partial charge on any atom is 0.304 e. The highest BCUT2D eigenvalue weighted by Gasteiger charge is 2.30. The second kappa shape index (κ2) is 8.72. The maximum atomic E-state index is 12.5. The Bertz CT molecular complexity index is 1070. The highest BCUT2D eigenvalue weighted by atomic mass is 35.5. The smallest absolute Gasteiger partial charge is 0.304 e. The van der Waals surface area contributed by atoms with Crippen LogP contribution < -0.4 is 0 Å². The number of hydrogen-bond acceptors (Lipinski definition) is 2. The van der Waals surface area contributed by atoms with Crippen molar-refractivity contribution in [2.45, 2.75) is 50.5 Å². The van der Waals surface area contributed by atoms with E-state index in [1.165, 1.54) is 5.56 Å². The van der Waals surface area contributed by atoms with E-state index in [1.807, 2.05) is 36.4 Å². The number of benzene rings is 2. The summed E-state index contributed by atoms with van der Waals surface area (Å²) < 4.78 is 14.7. The van der Waals surface area contributed by atoms with Crippen LogP contribution in [0.15, 0.2) is 47.4 Å². The van der Waals surface area contributed by atoms with Gasteiger partial charge in [-0.2, -0.15) is 0 Å². The average Bonchev–Trinajstić information content (AvgIpc) is 2.98. The summed E-state index contributed by atoms with van der Waals surface area (Å²) in [6.07, 6.45) is 4.58. The molecule has 1 heterocycles. The molecule has 4 rings (SSSR count). The van der Waals surface area contributed by atoms with E-state index < -0.39 is 16.8 Å². The summed E-state index contributed by atoms with van der Waals surface area (Å²) in [6.45, 7) is 0.604. The van der Waals surface area contributed by atoms with Gasteiger partial charge in [0.15, 0.2) is 0 Å². The number of carboxylic acids is 1. The van der Waals surface area contributed by atoms with Gasteiger partial charge in [0.05, 0.1) is 27.6 Å². The van der Waals surface area contributed by atoms with Gasteiger partial charge in [-0.05, 0) is 48.6 Å². The molecular weight excluding hydrogens is 406 g/mol. The topological polar surface area (TPSA) is 59.3 Å². The van der Waals surface area contributed by atoms with E-state index >= 15 is 0 Å². The zero-order chi connectivity index (χ0) is 19.8. The second-order valence-corrected chi connectivity index (χ2v) is 9.15. The third-order valence-electron chi connectivity index (χ3n) is 5.54. The van der Waals surface area contributed by atoms with Gasteiger partial charge in [-0.15, -0.1) is 0 Å². The summed E-state index contributed by atoms with van der Waals surface area (Å²) in [7, 11) is -1.13. The van der Waals surface area contributed by atoms with Crippen molar-refractivity contribution in [3.05, 3.63) is 64.3 Å². The Morgan fingerprint density at radius 3 is 2.62 bits per heavy atom. The minimum Gasteiger partial charge on any atom is -0.481 e. The molecule has 154 valence electrons. The lowest BCUT2D eigenvalue weighted by atomic mass is 9.84. The molecule has 3 aromatic rings. The minimum absolute atomic E-state index is 0. The van der Waals surface area contributed by atoms with Gasteiger partial charge in [-0.1, -0.05) is 43.3 Å². The zero-order valence-electron chi connectivity index (χ0n) is 15.7. The number of nitrogens with zero attached hydrogens (tertiary/aromatic N) is 1. The highest BCUT2D eigenvalue weighted by Crippen LogP contribution is 2.42. The molecule has 6 heteroatoms. The lowest BCUT2D eigenvalue weighted by Crippen LogP contribution is -2.17. The Morgan fingerprint density at radius 2 is 1.97 bits per heavy atom. The zero-order valence-corrected chi connectivity index (χ0v) is 17.2. The number of halogens is 1. The molecule has 0 fully saturated rings. The van der Waals surface area contributed by atoms with E-state index in [0.717, 1.165) is 46.3 Å². The molecule has 0 spiro atoms. The molecule has 2 aromatic carbocycles. The van der Waals surface area contributed by atoms with Crippen molar-refractivity contribution in [3.8, 4) is 0 Å². The number of para-hydroxylation sites is 1. The van der Waals surface area contributed by atoms with E-state index in [9.17, 15) is 14.1 Å². The average molecular weight is 432 g/mol. The molecule has 0 amide bonds. The SMILES string of the molecule is C.CS(=O)c1cccc2c3c(n(Cc4ccc(Cl)cc4)c12)[C@@H](CC(=O)O)CCC3. The molecule has 2 atom stereocenters. The first-order chi connectivity index (χ1) is 13.5. The number of rotatable bonds is 5. The number of carboxylic acid groups (broad SMARTS) is 1. The van der Waals surface area contributed by atoms with Crippen molar-refractivity contribution in [1.82, 2.24) is 4.57 Å². The third-order valence-corrected chi connectivity index (χ3v) is 6.75. The molecule has 0 saturated heterocycles. The van der Waals surface area contributed by atoms with Crippen molar-refractivity contribution in [1.29, 1.82) is 0 Å². The van der Waals surface area contributed by atoms with Gasteiger partial charge in [0.2, 0.25) is 0 Å². The monoisotopic (exact) mass is 431 g/mol. The van der Waals surface area contributed by atoms with Crippen LogP contribution in [-0.4, -0.2) is 26.1 Å². The highest BCUT2D eigenvalue weighted by molar-refractivity contribution is 7.84. The van der Waals surface area contributed by atoms with Crippen LogP contribution in [0.3, 0.4) is 0 Å². The van der Waals surface area contributed by atoms with Crippen molar-refractivity contribution in [2.75, 3.05) is 6.26 Å². The molecule has 0 bridgehead atoms. The van der Waals surface area contributed by atoms with Crippen molar-refractivity contribution >= 4 is 39.3 Å². The first kappa shape index (κ1) is 21.6. The molecular formula is C23H26ClNO3S. The number of aliphatic carboxylic acids is 1. The molecule has 1 aliphatic rings. The second-order valence-electron chi connectivity index (χ2n) is 7.37. The largest absolute Gasteiger partial charge is 0.481 e. The van der Waals surface area contributed by atoms with Crippen LogP contribution in [0.25, 0.3) is 10.9 Å². The van der Waals surface area contributed by atoms with Crippen LogP contribution in [-0.2, 0) is 28.6 Å².